The number of carbonyl (C=O) groups excluding carboxylic acids is 1. The summed E-state index contributed by atoms with van der Waals surface area (Å²) in [4.78, 5) is 24.2. The highest BCUT2D eigenvalue weighted by atomic mass is 16.4. The average Bonchev–Trinajstić information content (AvgIpc) is 2.64. The van der Waals surface area contributed by atoms with Crippen molar-refractivity contribution in [3.05, 3.63) is 28.7 Å². The normalized spacial score (nSPS) is 13.1. The first-order valence-corrected chi connectivity index (χ1v) is 6.08. The van der Waals surface area contributed by atoms with E-state index in [-0.39, 0.29) is 11.8 Å². The highest BCUT2D eigenvalue weighted by Gasteiger charge is 2.26. The molecule has 2 aromatic rings. The molecule has 0 aliphatic carbocycles. The van der Waals surface area contributed by atoms with Crippen molar-refractivity contribution >= 4 is 22.7 Å². The smallest absolute Gasteiger partial charge is 0.407 e. The highest BCUT2D eigenvalue weighted by molar-refractivity contribution is 5.93. The largest absolute Gasteiger partial charge is 0.426 e. The Morgan fingerprint density at radius 1 is 1.42 bits per heavy atom. The third-order valence-corrected chi connectivity index (χ3v) is 3.07. The number of nitrogen functional groups attached to an aromatic ring is 1. The Kier molecular flexibility index (Phi) is 3.44. The minimum atomic E-state index is -0.688. The predicted octanol–water partition coefficient (Wildman–Crippen LogP) is 1.06. The predicted molar refractivity (Wildman–Crippen MR) is 73.2 cm³/mol. The van der Waals surface area contributed by atoms with Gasteiger partial charge in [-0.25, -0.2) is 9.36 Å². The number of benzene rings is 1. The molecule has 2 rings (SSSR count). The van der Waals surface area contributed by atoms with Gasteiger partial charge in [0.05, 0.1) is 11.6 Å². The van der Waals surface area contributed by atoms with Crippen molar-refractivity contribution in [2.75, 3.05) is 12.8 Å². The Hall–Kier alpha value is -2.08. The lowest BCUT2D eigenvalue weighted by Gasteiger charge is -2.18. The zero-order valence-electron chi connectivity index (χ0n) is 11.1. The van der Waals surface area contributed by atoms with E-state index in [9.17, 15) is 9.59 Å². The van der Waals surface area contributed by atoms with Crippen molar-refractivity contribution in [3.8, 4) is 0 Å². The number of nitrogens with zero attached hydrogens (tertiary/aromatic N) is 1. The summed E-state index contributed by atoms with van der Waals surface area (Å²) in [5.74, 6) is -0.958. The summed E-state index contributed by atoms with van der Waals surface area (Å²) in [6, 6.07) is 4.33. The van der Waals surface area contributed by atoms with Crippen LogP contribution in [0.5, 0.6) is 0 Å². The second-order valence-corrected chi connectivity index (χ2v) is 4.78. The Morgan fingerprint density at radius 3 is 2.68 bits per heavy atom. The van der Waals surface area contributed by atoms with Crippen LogP contribution < -0.4 is 16.8 Å². The van der Waals surface area contributed by atoms with Crippen LogP contribution in [0.2, 0.25) is 0 Å². The number of rotatable bonds is 3. The molecule has 0 saturated heterocycles. The minimum Gasteiger partial charge on any atom is -0.407 e. The van der Waals surface area contributed by atoms with Crippen LogP contribution in [0.4, 0.5) is 5.69 Å². The molecule has 1 aromatic carbocycles. The van der Waals surface area contributed by atoms with E-state index in [1.807, 2.05) is 13.8 Å². The zero-order chi connectivity index (χ0) is 14.2. The third-order valence-electron chi connectivity index (χ3n) is 3.07. The van der Waals surface area contributed by atoms with Crippen LogP contribution in [-0.2, 0) is 0 Å². The van der Waals surface area contributed by atoms with Gasteiger partial charge in [0, 0.05) is 11.8 Å². The SMILES string of the molecule is CNC(C(=O)n1c(=O)oc2cc(N)ccc21)C(C)C. The van der Waals surface area contributed by atoms with Gasteiger partial charge in [0.15, 0.2) is 5.58 Å². The van der Waals surface area contributed by atoms with Gasteiger partial charge in [-0.3, -0.25) is 4.79 Å². The number of hydrogen-bond donors (Lipinski definition) is 2. The second-order valence-electron chi connectivity index (χ2n) is 4.78. The quantitative estimate of drug-likeness (QED) is 0.808. The van der Waals surface area contributed by atoms with E-state index in [0.717, 1.165) is 4.57 Å². The molecule has 19 heavy (non-hydrogen) atoms. The first kappa shape index (κ1) is 13.4. The van der Waals surface area contributed by atoms with Gasteiger partial charge >= 0.3 is 5.76 Å². The monoisotopic (exact) mass is 263 g/mol. The summed E-state index contributed by atoms with van der Waals surface area (Å²) in [6.07, 6.45) is 0. The first-order valence-electron chi connectivity index (χ1n) is 6.08. The molecule has 1 atom stereocenters. The number of aromatic nitrogens is 1. The molecule has 6 heteroatoms. The minimum absolute atomic E-state index is 0.0585. The average molecular weight is 263 g/mol. The molecule has 0 fully saturated rings. The van der Waals surface area contributed by atoms with E-state index in [0.29, 0.717) is 16.8 Å². The van der Waals surface area contributed by atoms with Crippen molar-refractivity contribution in [2.24, 2.45) is 5.92 Å². The molecule has 0 aliphatic rings. The molecule has 3 N–H and O–H groups in total. The Bertz CT molecular complexity index is 669. The Labute approximate surface area is 110 Å². The number of nitrogens with two attached hydrogens (primary N) is 1. The van der Waals surface area contributed by atoms with E-state index in [4.69, 9.17) is 10.2 Å². The van der Waals surface area contributed by atoms with Crippen LogP contribution in [0.25, 0.3) is 11.1 Å². The molecule has 1 unspecified atom stereocenters. The van der Waals surface area contributed by atoms with Gasteiger partial charge in [-0.2, -0.15) is 0 Å². The van der Waals surface area contributed by atoms with Gasteiger partial charge in [0.25, 0.3) is 5.91 Å². The van der Waals surface area contributed by atoms with Crippen molar-refractivity contribution in [3.63, 3.8) is 0 Å². The fourth-order valence-corrected chi connectivity index (χ4v) is 2.12. The number of anilines is 1. The molecule has 0 bridgehead atoms. The van der Waals surface area contributed by atoms with E-state index >= 15 is 0 Å². The summed E-state index contributed by atoms with van der Waals surface area (Å²) in [6.45, 7) is 3.81. The summed E-state index contributed by atoms with van der Waals surface area (Å²) in [5.41, 5.74) is 6.86. The fraction of sp³-hybridized carbons (Fsp3) is 0.385. The van der Waals surface area contributed by atoms with Crippen molar-refractivity contribution in [1.29, 1.82) is 0 Å². The highest BCUT2D eigenvalue weighted by Crippen LogP contribution is 2.17. The fourth-order valence-electron chi connectivity index (χ4n) is 2.12. The maximum atomic E-state index is 12.4. The summed E-state index contributed by atoms with van der Waals surface area (Å²) in [7, 11) is 1.69. The molecular weight excluding hydrogens is 246 g/mol. The molecular formula is C13H17N3O3. The number of nitrogens with one attached hydrogen (secondary N) is 1. The summed E-state index contributed by atoms with van der Waals surface area (Å²) in [5, 5.41) is 2.92. The van der Waals surface area contributed by atoms with E-state index in [1.165, 1.54) is 6.07 Å². The lowest BCUT2D eigenvalue weighted by atomic mass is 10.0. The van der Waals surface area contributed by atoms with Crippen LogP contribution in [0, 0.1) is 5.92 Å². The number of hydrogen-bond acceptors (Lipinski definition) is 5. The number of fused-ring (bicyclic) bond motifs is 1. The number of carbonyl (C=O) groups is 1. The van der Waals surface area contributed by atoms with Gasteiger partial charge in [0.1, 0.15) is 0 Å². The van der Waals surface area contributed by atoms with Crippen molar-refractivity contribution in [1.82, 2.24) is 9.88 Å². The summed E-state index contributed by atoms with van der Waals surface area (Å²) >= 11 is 0. The first-order chi connectivity index (χ1) is 8.95. The van der Waals surface area contributed by atoms with E-state index in [1.54, 1.807) is 19.2 Å². The van der Waals surface area contributed by atoms with Crippen LogP contribution in [-0.4, -0.2) is 23.6 Å². The van der Waals surface area contributed by atoms with Gasteiger partial charge in [0.2, 0.25) is 0 Å². The number of likely N-dealkylation sites (N-methyl/N-ethyl adjacent to an activating group) is 1. The van der Waals surface area contributed by atoms with Gasteiger partial charge in [-0.15, -0.1) is 0 Å². The Balaban J connectivity index is 2.59. The molecule has 6 nitrogen and oxygen atoms in total. The third kappa shape index (κ3) is 2.26. The second kappa shape index (κ2) is 4.89. The van der Waals surface area contributed by atoms with Crippen molar-refractivity contribution in [2.45, 2.75) is 19.9 Å². The van der Waals surface area contributed by atoms with Crippen molar-refractivity contribution < 1.29 is 9.21 Å². The molecule has 1 aromatic heterocycles. The maximum Gasteiger partial charge on any atom is 0.426 e. The van der Waals surface area contributed by atoms with E-state index in [2.05, 4.69) is 5.32 Å². The van der Waals surface area contributed by atoms with Crippen LogP contribution in [0.15, 0.2) is 27.4 Å². The molecule has 0 aliphatic heterocycles. The van der Waals surface area contributed by atoms with E-state index < -0.39 is 11.8 Å². The molecule has 1 heterocycles. The molecule has 0 amide bonds. The van der Waals surface area contributed by atoms with Crippen LogP contribution in [0.1, 0.15) is 18.6 Å². The zero-order valence-corrected chi connectivity index (χ0v) is 11.1. The van der Waals surface area contributed by atoms with Crippen LogP contribution in [0.3, 0.4) is 0 Å². The van der Waals surface area contributed by atoms with Gasteiger partial charge < -0.3 is 15.5 Å². The molecule has 102 valence electrons. The standard InChI is InChI=1S/C13H17N3O3/c1-7(2)11(15-3)12(17)16-9-5-4-8(14)6-10(9)19-13(16)18/h4-7,11,15H,14H2,1-3H3. The van der Waals surface area contributed by atoms with Crippen LogP contribution >= 0.6 is 0 Å². The lowest BCUT2D eigenvalue weighted by molar-refractivity contribution is 0.0834. The lowest BCUT2D eigenvalue weighted by Crippen LogP contribution is -2.44. The number of oxazole rings is 1. The molecule has 0 saturated carbocycles. The van der Waals surface area contributed by atoms with Gasteiger partial charge in [-0.1, -0.05) is 13.8 Å². The Morgan fingerprint density at radius 2 is 2.11 bits per heavy atom. The van der Waals surface area contributed by atoms with Gasteiger partial charge in [-0.05, 0) is 25.1 Å². The molecule has 0 spiro atoms. The molecule has 0 radical (unpaired) electrons. The summed E-state index contributed by atoms with van der Waals surface area (Å²) < 4.78 is 6.11. The topological polar surface area (TPSA) is 90.3 Å². The maximum absolute atomic E-state index is 12.4.